The van der Waals surface area contributed by atoms with Gasteiger partial charge in [0, 0.05) is 42.5 Å². The summed E-state index contributed by atoms with van der Waals surface area (Å²) < 4.78 is 26.3. The van der Waals surface area contributed by atoms with E-state index in [0.29, 0.717) is 24.0 Å². The van der Waals surface area contributed by atoms with E-state index >= 15 is 0 Å². The Labute approximate surface area is 137 Å². The fourth-order valence-electron chi connectivity index (χ4n) is 2.12. The molecule has 0 radical (unpaired) electrons. The molecule has 0 saturated heterocycles. The Morgan fingerprint density at radius 3 is 2.50 bits per heavy atom. The SMILES string of the molecule is Cc1cc(Nc2ccc(F)c(F)c2)nc(NCc2ccncc2)n1. The van der Waals surface area contributed by atoms with Gasteiger partial charge in [0.1, 0.15) is 5.82 Å². The number of pyridine rings is 1. The molecule has 0 spiro atoms. The van der Waals surface area contributed by atoms with Crippen molar-refractivity contribution in [2.75, 3.05) is 10.6 Å². The molecule has 0 saturated carbocycles. The molecule has 0 fully saturated rings. The van der Waals surface area contributed by atoms with Crippen LogP contribution in [-0.2, 0) is 6.54 Å². The Kier molecular flexibility index (Phi) is 4.60. The maximum Gasteiger partial charge on any atom is 0.225 e. The smallest absolute Gasteiger partial charge is 0.225 e. The lowest BCUT2D eigenvalue weighted by Gasteiger charge is -2.10. The molecular formula is C17H15F2N5. The molecule has 0 bridgehead atoms. The van der Waals surface area contributed by atoms with E-state index in [-0.39, 0.29) is 0 Å². The lowest BCUT2D eigenvalue weighted by Crippen LogP contribution is -2.06. The number of aromatic nitrogens is 3. The predicted molar refractivity (Wildman–Crippen MR) is 88.0 cm³/mol. The second-order valence-electron chi connectivity index (χ2n) is 5.18. The molecule has 7 heteroatoms. The van der Waals surface area contributed by atoms with Crippen LogP contribution < -0.4 is 10.6 Å². The van der Waals surface area contributed by atoms with E-state index in [1.54, 1.807) is 18.5 Å². The van der Waals surface area contributed by atoms with Crippen molar-refractivity contribution in [2.24, 2.45) is 0 Å². The monoisotopic (exact) mass is 327 g/mol. The van der Waals surface area contributed by atoms with Gasteiger partial charge in [0.25, 0.3) is 0 Å². The van der Waals surface area contributed by atoms with Crippen molar-refractivity contribution in [1.29, 1.82) is 0 Å². The highest BCUT2D eigenvalue weighted by molar-refractivity contribution is 5.57. The van der Waals surface area contributed by atoms with Gasteiger partial charge in [-0.15, -0.1) is 0 Å². The van der Waals surface area contributed by atoms with E-state index in [1.807, 2.05) is 19.1 Å². The molecule has 3 rings (SSSR count). The van der Waals surface area contributed by atoms with Crippen LogP contribution in [0.25, 0.3) is 0 Å². The van der Waals surface area contributed by atoms with Gasteiger partial charge in [0.2, 0.25) is 5.95 Å². The molecule has 2 aromatic heterocycles. The molecule has 0 unspecified atom stereocenters. The first-order chi connectivity index (χ1) is 11.6. The van der Waals surface area contributed by atoms with Gasteiger partial charge in [-0.25, -0.2) is 13.8 Å². The highest BCUT2D eigenvalue weighted by Gasteiger charge is 2.06. The Morgan fingerprint density at radius 1 is 0.958 bits per heavy atom. The van der Waals surface area contributed by atoms with Gasteiger partial charge in [0.05, 0.1) is 0 Å². The molecule has 1 aromatic carbocycles. The zero-order valence-corrected chi connectivity index (χ0v) is 12.9. The number of hydrogen-bond acceptors (Lipinski definition) is 5. The highest BCUT2D eigenvalue weighted by atomic mass is 19.2. The summed E-state index contributed by atoms with van der Waals surface area (Å²) in [7, 11) is 0. The van der Waals surface area contributed by atoms with Crippen LogP contribution in [0.3, 0.4) is 0 Å². The van der Waals surface area contributed by atoms with E-state index in [1.165, 1.54) is 6.07 Å². The predicted octanol–water partition coefficient (Wildman–Crippen LogP) is 3.81. The van der Waals surface area contributed by atoms with E-state index in [9.17, 15) is 8.78 Å². The summed E-state index contributed by atoms with van der Waals surface area (Å²) in [5.41, 5.74) is 2.20. The third kappa shape index (κ3) is 4.01. The summed E-state index contributed by atoms with van der Waals surface area (Å²) in [6, 6.07) is 9.09. The van der Waals surface area contributed by atoms with Gasteiger partial charge in [-0.2, -0.15) is 4.98 Å². The van der Waals surface area contributed by atoms with Crippen molar-refractivity contribution < 1.29 is 8.78 Å². The lowest BCUT2D eigenvalue weighted by atomic mass is 10.3. The second kappa shape index (κ2) is 6.99. The summed E-state index contributed by atoms with van der Waals surface area (Å²) >= 11 is 0. The molecule has 3 aromatic rings. The number of anilines is 3. The summed E-state index contributed by atoms with van der Waals surface area (Å²) in [6.07, 6.45) is 3.42. The Morgan fingerprint density at radius 2 is 1.75 bits per heavy atom. The Bertz CT molecular complexity index is 840. The number of hydrogen-bond donors (Lipinski definition) is 2. The largest absolute Gasteiger partial charge is 0.350 e. The quantitative estimate of drug-likeness (QED) is 0.746. The molecule has 0 atom stereocenters. The lowest BCUT2D eigenvalue weighted by molar-refractivity contribution is 0.509. The van der Waals surface area contributed by atoms with Crippen molar-refractivity contribution >= 4 is 17.5 Å². The van der Waals surface area contributed by atoms with Crippen LogP contribution in [-0.4, -0.2) is 15.0 Å². The van der Waals surface area contributed by atoms with Crippen LogP contribution in [0.2, 0.25) is 0 Å². The molecule has 0 amide bonds. The van der Waals surface area contributed by atoms with Crippen LogP contribution >= 0.6 is 0 Å². The minimum atomic E-state index is -0.915. The summed E-state index contributed by atoms with van der Waals surface area (Å²) in [5, 5.41) is 6.07. The van der Waals surface area contributed by atoms with E-state index in [4.69, 9.17) is 0 Å². The van der Waals surface area contributed by atoms with Crippen molar-refractivity contribution in [1.82, 2.24) is 15.0 Å². The maximum absolute atomic E-state index is 13.3. The molecule has 2 heterocycles. The number of nitrogens with one attached hydrogen (secondary N) is 2. The van der Waals surface area contributed by atoms with Gasteiger partial charge in [-0.3, -0.25) is 4.98 Å². The molecule has 2 N–H and O–H groups in total. The van der Waals surface area contributed by atoms with E-state index in [2.05, 4.69) is 25.6 Å². The zero-order chi connectivity index (χ0) is 16.9. The van der Waals surface area contributed by atoms with Gasteiger partial charge < -0.3 is 10.6 Å². The first kappa shape index (κ1) is 15.8. The molecule has 0 aliphatic rings. The third-order valence-electron chi connectivity index (χ3n) is 3.25. The Balaban J connectivity index is 1.74. The van der Waals surface area contributed by atoms with Crippen molar-refractivity contribution in [3.05, 3.63) is 71.7 Å². The average molecular weight is 327 g/mol. The fraction of sp³-hybridized carbons (Fsp3) is 0.118. The Hall–Kier alpha value is -3.09. The van der Waals surface area contributed by atoms with Crippen molar-refractivity contribution in [3.63, 3.8) is 0 Å². The molecule has 5 nitrogen and oxygen atoms in total. The average Bonchev–Trinajstić information content (AvgIpc) is 2.57. The first-order valence-electron chi connectivity index (χ1n) is 7.31. The first-order valence-corrected chi connectivity index (χ1v) is 7.31. The molecule has 0 aliphatic heterocycles. The standard InChI is InChI=1S/C17H15F2N5/c1-11-8-16(23-13-2-3-14(18)15(19)9-13)24-17(22-11)21-10-12-4-6-20-7-5-12/h2-9H,10H2,1H3,(H2,21,22,23,24). The van der Waals surface area contributed by atoms with Crippen LogP contribution in [0, 0.1) is 18.6 Å². The van der Waals surface area contributed by atoms with Crippen molar-refractivity contribution in [2.45, 2.75) is 13.5 Å². The number of halogens is 2. The van der Waals surface area contributed by atoms with Gasteiger partial charge in [0.15, 0.2) is 11.6 Å². The number of aryl methyl sites for hydroxylation is 1. The maximum atomic E-state index is 13.3. The number of nitrogens with zero attached hydrogens (tertiary/aromatic N) is 3. The van der Waals surface area contributed by atoms with Crippen LogP contribution in [0.15, 0.2) is 48.8 Å². The second-order valence-corrected chi connectivity index (χ2v) is 5.18. The van der Waals surface area contributed by atoms with Crippen LogP contribution in [0.1, 0.15) is 11.3 Å². The third-order valence-corrected chi connectivity index (χ3v) is 3.25. The zero-order valence-electron chi connectivity index (χ0n) is 12.9. The summed E-state index contributed by atoms with van der Waals surface area (Å²) in [4.78, 5) is 12.6. The van der Waals surface area contributed by atoms with E-state index in [0.717, 1.165) is 23.4 Å². The van der Waals surface area contributed by atoms with E-state index < -0.39 is 11.6 Å². The minimum absolute atomic E-state index is 0.409. The number of benzene rings is 1. The molecular weight excluding hydrogens is 312 g/mol. The minimum Gasteiger partial charge on any atom is -0.350 e. The fourth-order valence-corrected chi connectivity index (χ4v) is 2.12. The van der Waals surface area contributed by atoms with Crippen LogP contribution in [0.4, 0.5) is 26.2 Å². The number of rotatable bonds is 5. The summed E-state index contributed by atoms with van der Waals surface area (Å²) in [5.74, 6) is -0.872. The van der Waals surface area contributed by atoms with Gasteiger partial charge >= 0.3 is 0 Å². The van der Waals surface area contributed by atoms with Gasteiger partial charge in [-0.05, 0) is 36.8 Å². The molecule has 0 aliphatic carbocycles. The normalized spacial score (nSPS) is 10.5. The van der Waals surface area contributed by atoms with Gasteiger partial charge in [-0.1, -0.05) is 0 Å². The molecule has 122 valence electrons. The summed E-state index contributed by atoms with van der Waals surface area (Å²) in [6.45, 7) is 2.38. The topological polar surface area (TPSA) is 62.7 Å². The van der Waals surface area contributed by atoms with Crippen molar-refractivity contribution in [3.8, 4) is 0 Å². The molecule has 24 heavy (non-hydrogen) atoms. The van der Waals surface area contributed by atoms with Crippen LogP contribution in [0.5, 0.6) is 0 Å². The highest BCUT2D eigenvalue weighted by Crippen LogP contribution is 2.19.